The average Bonchev–Trinajstić information content (AvgIpc) is 2.35. The van der Waals surface area contributed by atoms with Gasteiger partial charge in [0.1, 0.15) is 0 Å². The number of hydrogen-bond acceptors (Lipinski definition) is 2. The van der Waals surface area contributed by atoms with Crippen LogP contribution in [0.4, 0.5) is 0 Å². The molecule has 0 bridgehead atoms. The predicted molar refractivity (Wildman–Crippen MR) is 43.5 cm³/mol. The summed E-state index contributed by atoms with van der Waals surface area (Å²) in [5.74, 6) is 0. The monoisotopic (exact) mass is 167 g/mol. The Labute approximate surface area is 68.7 Å². The fourth-order valence-corrected chi connectivity index (χ4v) is 1.25. The van der Waals surface area contributed by atoms with Crippen molar-refractivity contribution >= 4 is 22.7 Å². The molecular formula is C7H6ClN3. The summed E-state index contributed by atoms with van der Waals surface area (Å²) in [5, 5.41) is 4.90. The third-order valence-corrected chi connectivity index (χ3v) is 1.92. The lowest BCUT2D eigenvalue weighted by atomic mass is 10.3. The van der Waals surface area contributed by atoms with Crippen LogP contribution in [-0.2, 0) is 0 Å². The van der Waals surface area contributed by atoms with E-state index in [2.05, 4.69) is 10.1 Å². The molecule has 0 aliphatic carbocycles. The molecule has 0 atom stereocenters. The molecule has 11 heavy (non-hydrogen) atoms. The lowest BCUT2D eigenvalue weighted by Gasteiger charge is -1.92. The van der Waals surface area contributed by atoms with Gasteiger partial charge in [0.2, 0.25) is 0 Å². The number of pyridine rings is 1. The fraction of sp³-hybridized carbons (Fsp3) is 0.143. The molecule has 2 aromatic heterocycles. The van der Waals surface area contributed by atoms with Crippen molar-refractivity contribution in [2.75, 3.05) is 0 Å². The minimum atomic E-state index is 0.902. The molecular weight excluding hydrogens is 162 g/mol. The molecule has 2 heterocycles. The maximum Gasteiger partial charge on any atom is 0.0905 e. The first-order chi connectivity index (χ1) is 5.29. The van der Waals surface area contributed by atoms with Gasteiger partial charge in [0.05, 0.1) is 11.7 Å². The molecule has 0 fully saturated rings. The molecule has 0 radical (unpaired) electrons. The van der Waals surface area contributed by atoms with Crippen LogP contribution in [0.5, 0.6) is 0 Å². The van der Waals surface area contributed by atoms with Gasteiger partial charge >= 0.3 is 0 Å². The number of aromatic nitrogens is 3. The first-order valence-corrected chi connectivity index (χ1v) is 3.58. The normalized spacial score (nSPS) is 10.7. The van der Waals surface area contributed by atoms with E-state index in [0.29, 0.717) is 0 Å². The van der Waals surface area contributed by atoms with E-state index in [1.807, 2.05) is 13.0 Å². The van der Waals surface area contributed by atoms with Crippen molar-refractivity contribution in [1.82, 2.24) is 14.3 Å². The molecule has 0 aliphatic rings. The summed E-state index contributed by atoms with van der Waals surface area (Å²) in [6, 6.07) is 1.84. The second-order valence-electron chi connectivity index (χ2n) is 2.33. The first-order valence-electron chi connectivity index (χ1n) is 3.24. The van der Waals surface area contributed by atoms with Crippen LogP contribution in [0.3, 0.4) is 0 Å². The van der Waals surface area contributed by atoms with E-state index in [1.54, 1.807) is 12.4 Å². The number of halogens is 1. The van der Waals surface area contributed by atoms with Crippen molar-refractivity contribution in [2.24, 2.45) is 0 Å². The molecule has 0 amide bonds. The highest BCUT2D eigenvalue weighted by atomic mass is 35.5. The zero-order valence-corrected chi connectivity index (χ0v) is 6.71. The lowest BCUT2D eigenvalue weighted by molar-refractivity contribution is 1.02. The maximum atomic E-state index is 5.72. The zero-order chi connectivity index (χ0) is 7.84. The summed E-state index contributed by atoms with van der Waals surface area (Å²) in [5.41, 5.74) is 1.86. The fourth-order valence-electron chi connectivity index (χ4n) is 1.06. The van der Waals surface area contributed by atoms with Crippen LogP contribution >= 0.6 is 11.8 Å². The lowest BCUT2D eigenvalue weighted by Crippen LogP contribution is -1.83. The zero-order valence-electron chi connectivity index (χ0n) is 5.95. The topological polar surface area (TPSA) is 30.7 Å². The highest BCUT2D eigenvalue weighted by Gasteiger charge is 2.01. The third kappa shape index (κ3) is 0.886. The van der Waals surface area contributed by atoms with Gasteiger partial charge in [0.15, 0.2) is 0 Å². The molecule has 0 aromatic carbocycles. The number of rotatable bonds is 0. The highest BCUT2D eigenvalue weighted by Crippen LogP contribution is 2.15. The minimum absolute atomic E-state index is 0.902. The van der Waals surface area contributed by atoms with Gasteiger partial charge in [0.25, 0.3) is 0 Å². The first kappa shape index (κ1) is 6.61. The second-order valence-corrected chi connectivity index (χ2v) is 2.65. The molecule has 0 aliphatic heterocycles. The predicted octanol–water partition coefficient (Wildman–Crippen LogP) is 1.74. The van der Waals surface area contributed by atoms with E-state index in [1.165, 1.54) is 4.20 Å². The van der Waals surface area contributed by atoms with Crippen molar-refractivity contribution < 1.29 is 0 Å². The van der Waals surface area contributed by atoms with Crippen molar-refractivity contribution in [3.05, 3.63) is 24.2 Å². The summed E-state index contributed by atoms with van der Waals surface area (Å²) >= 11 is 5.72. The Bertz CT molecular complexity index is 393. The van der Waals surface area contributed by atoms with Crippen LogP contribution in [0, 0.1) is 6.92 Å². The SMILES string of the molecule is Cc1nccc2c1cnn2Cl. The summed E-state index contributed by atoms with van der Waals surface area (Å²) in [6.45, 7) is 1.93. The highest BCUT2D eigenvalue weighted by molar-refractivity contribution is 6.18. The van der Waals surface area contributed by atoms with Crippen molar-refractivity contribution in [1.29, 1.82) is 0 Å². The standard InChI is InChI=1S/C7H6ClN3/c1-5-6-4-10-11(8)7(6)2-3-9-5/h2-4H,1H3. The van der Waals surface area contributed by atoms with Gasteiger partial charge < -0.3 is 0 Å². The molecule has 0 spiro atoms. The van der Waals surface area contributed by atoms with Crippen LogP contribution in [0.15, 0.2) is 18.5 Å². The number of hydrogen-bond donors (Lipinski definition) is 0. The largest absolute Gasteiger partial charge is 0.261 e. The van der Waals surface area contributed by atoms with Gasteiger partial charge in [-0.3, -0.25) is 4.98 Å². The molecule has 3 nitrogen and oxygen atoms in total. The number of aryl methyl sites for hydroxylation is 1. The van der Waals surface area contributed by atoms with Gasteiger partial charge in [-0.25, -0.2) is 0 Å². The van der Waals surface area contributed by atoms with E-state index in [-0.39, 0.29) is 0 Å². The Kier molecular flexibility index (Phi) is 1.32. The quantitative estimate of drug-likeness (QED) is 0.599. The van der Waals surface area contributed by atoms with E-state index in [9.17, 15) is 0 Å². The van der Waals surface area contributed by atoms with Crippen LogP contribution in [0.1, 0.15) is 5.69 Å². The Balaban J connectivity index is 2.94. The van der Waals surface area contributed by atoms with Gasteiger partial charge in [-0.2, -0.15) is 9.30 Å². The van der Waals surface area contributed by atoms with Crippen molar-refractivity contribution in [3.8, 4) is 0 Å². The van der Waals surface area contributed by atoms with Gasteiger partial charge in [-0.05, 0) is 13.0 Å². The number of fused-ring (bicyclic) bond motifs is 1. The summed E-state index contributed by atoms with van der Waals surface area (Å²) in [4.78, 5) is 4.11. The third-order valence-electron chi connectivity index (χ3n) is 1.65. The number of nitrogens with zero attached hydrogens (tertiary/aromatic N) is 3. The molecule has 0 unspecified atom stereocenters. The van der Waals surface area contributed by atoms with E-state index < -0.39 is 0 Å². The van der Waals surface area contributed by atoms with Gasteiger partial charge in [-0.1, -0.05) is 0 Å². The summed E-state index contributed by atoms with van der Waals surface area (Å²) < 4.78 is 1.32. The van der Waals surface area contributed by atoms with Crippen LogP contribution < -0.4 is 0 Å². The van der Waals surface area contributed by atoms with Crippen LogP contribution in [0.2, 0.25) is 0 Å². The van der Waals surface area contributed by atoms with E-state index >= 15 is 0 Å². The minimum Gasteiger partial charge on any atom is -0.261 e. The Hall–Kier alpha value is -1.09. The van der Waals surface area contributed by atoms with Crippen LogP contribution in [-0.4, -0.2) is 14.3 Å². The smallest absolute Gasteiger partial charge is 0.0905 e. The summed E-state index contributed by atoms with van der Waals surface area (Å²) in [7, 11) is 0. The maximum absolute atomic E-state index is 5.72. The Morgan fingerprint density at radius 3 is 3.09 bits per heavy atom. The molecule has 2 rings (SSSR count). The molecule has 0 N–H and O–H groups in total. The second kappa shape index (κ2) is 2.20. The summed E-state index contributed by atoms with van der Waals surface area (Å²) in [6.07, 6.45) is 3.43. The van der Waals surface area contributed by atoms with Crippen molar-refractivity contribution in [2.45, 2.75) is 6.92 Å². The van der Waals surface area contributed by atoms with E-state index in [4.69, 9.17) is 11.8 Å². The van der Waals surface area contributed by atoms with Crippen LogP contribution in [0.25, 0.3) is 10.9 Å². The Morgan fingerprint density at radius 2 is 2.36 bits per heavy atom. The molecule has 0 saturated carbocycles. The van der Waals surface area contributed by atoms with Gasteiger partial charge in [-0.15, -0.1) is 0 Å². The average molecular weight is 168 g/mol. The Morgan fingerprint density at radius 1 is 1.55 bits per heavy atom. The van der Waals surface area contributed by atoms with E-state index in [0.717, 1.165) is 16.6 Å². The molecule has 4 heteroatoms. The molecule has 56 valence electrons. The molecule has 2 aromatic rings. The van der Waals surface area contributed by atoms with Crippen molar-refractivity contribution in [3.63, 3.8) is 0 Å². The van der Waals surface area contributed by atoms with Gasteiger partial charge in [0, 0.05) is 29.1 Å². The molecule has 0 saturated heterocycles.